The molecule has 0 saturated carbocycles. The Bertz CT molecular complexity index is 403. The van der Waals surface area contributed by atoms with Crippen molar-refractivity contribution in [3.8, 4) is 5.75 Å². The molecule has 1 aromatic rings. The van der Waals surface area contributed by atoms with Crippen LogP contribution in [0.25, 0.3) is 0 Å². The maximum absolute atomic E-state index is 11.5. The molecule has 0 saturated heterocycles. The Morgan fingerprint density at radius 3 is 2.33 bits per heavy atom. The van der Waals surface area contributed by atoms with Crippen LogP contribution in [-0.2, 0) is 9.59 Å². The predicted octanol–water partition coefficient (Wildman–Crippen LogP) is 1.31. The second kappa shape index (κ2) is 7.29. The van der Waals surface area contributed by atoms with Crippen molar-refractivity contribution < 1.29 is 19.5 Å². The molecule has 0 atom stereocenters. The highest BCUT2D eigenvalue weighted by atomic mass is 16.5. The molecule has 6 nitrogen and oxygen atoms in total. The standard InChI is InChI=1S/C12H16N2O4/c1-18-10-7-5-9(6-8-10)13-11(15)3-2-4-12(16)14-17/h5-8,17H,2-4H2,1H3,(H,13,15)(H,14,16). The van der Waals surface area contributed by atoms with E-state index in [1.165, 1.54) is 5.48 Å². The SMILES string of the molecule is COc1ccc(NC(=O)CCCC(=O)NO)cc1. The van der Waals surface area contributed by atoms with E-state index in [1.54, 1.807) is 31.4 Å². The number of carbonyl (C=O) groups is 2. The largest absolute Gasteiger partial charge is 0.497 e. The van der Waals surface area contributed by atoms with Gasteiger partial charge in [0.05, 0.1) is 7.11 Å². The Balaban J connectivity index is 2.32. The normalized spacial score (nSPS) is 9.67. The van der Waals surface area contributed by atoms with E-state index in [0.29, 0.717) is 17.9 Å². The van der Waals surface area contributed by atoms with Crippen molar-refractivity contribution in [2.75, 3.05) is 12.4 Å². The fourth-order valence-electron chi connectivity index (χ4n) is 1.36. The van der Waals surface area contributed by atoms with E-state index < -0.39 is 5.91 Å². The molecule has 98 valence electrons. The first-order valence-corrected chi connectivity index (χ1v) is 5.52. The highest BCUT2D eigenvalue weighted by Crippen LogP contribution is 2.15. The van der Waals surface area contributed by atoms with Crippen LogP contribution in [0.4, 0.5) is 5.69 Å². The first-order chi connectivity index (χ1) is 8.65. The van der Waals surface area contributed by atoms with E-state index in [2.05, 4.69) is 5.32 Å². The molecule has 2 amide bonds. The van der Waals surface area contributed by atoms with Crippen LogP contribution in [0.5, 0.6) is 5.75 Å². The van der Waals surface area contributed by atoms with Crippen molar-refractivity contribution in [1.29, 1.82) is 0 Å². The zero-order chi connectivity index (χ0) is 13.4. The summed E-state index contributed by atoms with van der Waals surface area (Å²) in [7, 11) is 1.57. The number of rotatable bonds is 6. The summed E-state index contributed by atoms with van der Waals surface area (Å²) in [6, 6.07) is 6.96. The summed E-state index contributed by atoms with van der Waals surface area (Å²) in [6.07, 6.45) is 0.723. The molecule has 0 aliphatic rings. The first-order valence-electron chi connectivity index (χ1n) is 5.52. The molecule has 0 aliphatic heterocycles. The highest BCUT2D eigenvalue weighted by molar-refractivity contribution is 5.91. The summed E-state index contributed by atoms with van der Waals surface area (Å²) in [5.74, 6) is 0.0470. The van der Waals surface area contributed by atoms with E-state index in [-0.39, 0.29) is 18.7 Å². The van der Waals surface area contributed by atoms with Gasteiger partial charge in [-0.3, -0.25) is 14.8 Å². The molecule has 6 heteroatoms. The van der Waals surface area contributed by atoms with Crippen LogP contribution >= 0.6 is 0 Å². The third-order valence-corrected chi connectivity index (χ3v) is 2.31. The van der Waals surface area contributed by atoms with Gasteiger partial charge in [0.2, 0.25) is 11.8 Å². The molecule has 0 aliphatic carbocycles. The van der Waals surface area contributed by atoms with Crippen molar-refractivity contribution in [3.05, 3.63) is 24.3 Å². The Morgan fingerprint density at radius 2 is 1.78 bits per heavy atom. The molecular formula is C12H16N2O4. The van der Waals surface area contributed by atoms with Crippen molar-refractivity contribution in [1.82, 2.24) is 5.48 Å². The van der Waals surface area contributed by atoms with Crippen LogP contribution in [0.3, 0.4) is 0 Å². The van der Waals surface area contributed by atoms with Gasteiger partial charge in [-0.15, -0.1) is 0 Å². The Labute approximate surface area is 105 Å². The number of hydroxylamine groups is 1. The van der Waals surface area contributed by atoms with Gasteiger partial charge in [0.25, 0.3) is 0 Å². The number of ether oxygens (including phenoxy) is 1. The number of carbonyl (C=O) groups excluding carboxylic acids is 2. The lowest BCUT2D eigenvalue weighted by Gasteiger charge is -2.06. The number of nitrogens with one attached hydrogen (secondary N) is 2. The monoisotopic (exact) mass is 252 g/mol. The fraction of sp³-hybridized carbons (Fsp3) is 0.333. The fourth-order valence-corrected chi connectivity index (χ4v) is 1.36. The number of anilines is 1. The summed E-state index contributed by atoms with van der Waals surface area (Å²) in [6.45, 7) is 0. The van der Waals surface area contributed by atoms with Crippen LogP contribution in [0.1, 0.15) is 19.3 Å². The van der Waals surface area contributed by atoms with Gasteiger partial charge < -0.3 is 10.1 Å². The van der Waals surface area contributed by atoms with Crippen LogP contribution in [0, 0.1) is 0 Å². The van der Waals surface area contributed by atoms with E-state index >= 15 is 0 Å². The van der Waals surface area contributed by atoms with Crippen molar-refractivity contribution in [2.45, 2.75) is 19.3 Å². The number of hydrogen-bond donors (Lipinski definition) is 3. The summed E-state index contributed by atoms with van der Waals surface area (Å²) in [5, 5.41) is 11.0. The molecule has 18 heavy (non-hydrogen) atoms. The number of hydrogen-bond acceptors (Lipinski definition) is 4. The summed E-state index contributed by atoms with van der Waals surface area (Å²) in [4.78, 5) is 22.2. The van der Waals surface area contributed by atoms with Crippen LogP contribution in [-0.4, -0.2) is 24.1 Å². The Kier molecular flexibility index (Phi) is 5.66. The smallest absolute Gasteiger partial charge is 0.243 e. The number of methoxy groups -OCH3 is 1. The zero-order valence-electron chi connectivity index (χ0n) is 10.1. The van der Waals surface area contributed by atoms with Gasteiger partial charge in [0.15, 0.2) is 0 Å². The lowest BCUT2D eigenvalue weighted by Crippen LogP contribution is -2.19. The molecule has 0 fully saturated rings. The molecule has 0 radical (unpaired) electrons. The maximum atomic E-state index is 11.5. The average Bonchev–Trinajstić information content (AvgIpc) is 2.39. The van der Waals surface area contributed by atoms with E-state index in [0.717, 1.165) is 0 Å². The molecule has 3 N–H and O–H groups in total. The Hall–Kier alpha value is -2.08. The second-order valence-corrected chi connectivity index (χ2v) is 3.67. The minimum atomic E-state index is -0.493. The van der Waals surface area contributed by atoms with E-state index in [1.807, 2.05) is 0 Å². The third kappa shape index (κ3) is 4.84. The molecule has 0 spiro atoms. The minimum Gasteiger partial charge on any atom is -0.497 e. The van der Waals surface area contributed by atoms with Gasteiger partial charge >= 0.3 is 0 Å². The summed E-state index contributed by atoms with van der Waals surface area (Å²) in [5.41, 5.74) is 2.19. The topological polar surface area (TPSA) is 87.7 Å². The first kappa shape index (κ1) is 14.0. The van der Waals surface area contributed by atoms with Crippen molar-refractivity contribution >= 4 is 17.5 Å². The highest BCUT2D eigenvalue weighted by Gasteiger charge is 2.05. The third-order valence-electron chi connectivity index (χ3n) is 2.31. The molecule has 0 aromatic heterocycles. The lowest BCUT2D eigenvalue weighted by atomic mass is 10.2. The maximum Gasteiger partial charge on any atom is 0.243 e. The van der Waals surface area contributed by atoms with Gasteiger partial charge in [-0.05, 0) is 30.7 Å². The molecule has 1 rings (SSSR count). The van der Waals surface area contributed by atoms with Crippen LogP contribution in [0.2, 0.25) is 0 Å². The van der Waals surface area contributed by atoms with Crippen molar-refractivity contribution in [2.24, 2.45) is 0 Å². The van der Waals surface area contributed by atoms with E-state index in [4.69, 9.17) is 9.94 Å². The van der Waals surface area contributed by atoms with Crippen LogP contribution in [0.15, 0.2) is 24.3 Å². The van der Waals surface area contributed by atoms with Gasteiger partial charge in [-0.2, -0.15) is 0 Å². The number of benzene rings is 1. The van der Waals surface area contributed by atoms with Crippen molar-refractivity contribution in [3.63, 3.8) is 0 Å². The van der Waals surface area contributed by atoms with Gasteiger partial charge in [-0.1, -0.05) is 0 Å². The Morgan fingerprint density at radius 1 is 1.17 bits per heavy atom. The minimum absolute atomic E-state index is 0.118. The average molecular weight is 252 g/mol. The molecule has 1 aromatic carbocycles. The van der Waals surface area contributed by atoms with Gasteiger partial charge in [-0.25, -0.2) is 5.48 Å². The molecule has 0 bridgehead atoms. The zero-order valence-corrected chi connectivity index (χ0v) is 10.1. The quantitative estimate of drug-likeness (QED) is 0.526. The molecular weight excluding hydrogens is 236 g/mol. The molecule has 0 unspecified atom stereocenters. The van der Waals surface area contributed by atoms with Crippen LogP contribution < -0.4 is 15.5 Å². The van der Waals surface area contributed by atoms with Gasteiger partial charge in [0.1, 0.15) is 5.75 Å². The van der Waals surface area contributed by atoms with E-state index in [9.17, 15) is 9.59 Å². The molecule has 0 heterocycles. The lowest BCUT2D eigenvalue weighted by molar-refractivity contribution is -0.129. The van der Waals surface area contributed by atoms with Gasteiger partial charge in [0, 0.05) is 18.5 Å². The summed E-state index contributed by atoms with van der Waals surface area (Å²) < 4.78 is 5.00. The second-order valence-electron chi connectivity index (χ2n) is 3.67. The number of amides is 2. The predicted molar refractivity (Wildman–Crippen MR) is 65.4 cm³/mol. The summed E-state index contributed by atoms with van der Waals surface area (Å²) >= 11 is 0.